The summed E-state index contributed by atoms with van der Waals surface area (Å²) in [5.74, 6) is 3.51. The van der Waals surface area contributed by atoms with E-state index in [1.54, 1.807) is 0 Å². The van der Waals surface area contributed by atoms with E-state index in [9.17, 15) is 0 Å². The highest BCUT2D eigenvalue weighted by Crippen LogP contribution is 2.22. The van der Waals surface area contributed by atoms with E-state index < -0.39 is 0 Å². The summed E-state index contributed by atoms with van der Waals surface area (Å²) in [7, 11) is 0. The zero-order valence-corrected chi connectivity index (χ0v) is 10.5. The minimum absolute atomic E-state index is 0.599. The van der Waals surface area contributed by atoms with Crippen molar-refractivity contribution in [2.45, 2.75) is 13.0 Å². The van der Waals surface area contributed by atoms with Crippen molar-refractivity contribution in [3.63, 3.8) is 0 Å². The first-order chi connectivity index (χ1) is 6.77. The van der Waals surface area contributed by atoms with Gasteiger partial charge in [0.15, 0.2) is 0 Å². The van der Waals surface area contributed by atoms with Crippen LogP contribution in [0.4, 0.5) is 5.82 Å². The van der Waals surface area contributed by atoms with Gasteiger partial charge in [0.05, 0.1) is 0 Å². The van der Waals surface area contributed by atoms with Gasteiger partial charge in [-0.3, -0.25) is 0 Å². The fraction of sp³-hybridized carbons (Fsp3) is 0.500. The van der Waals surface area contributed by atoms with Gasteiger partial charge in [0.1, 0.15) is 5.82 Å². The Labute approximate surface area is 97.2 Å². The van der Waals surface area contributed by atoms with Gasteiger partial charge in [0.2, 0.25) is 0 Å². The molecule has 76 valence electrons. The number of nitrogens with zero attached hydrogens (tertiary/aromatic N) is 2. The fourth-order valence-corrected chi connectivity index (χ4v) is 2.85. The summed E-state index contributed by atoms with van der Waals surface area (Å²) in [6.07, 6.45) is 1.86. The molecule has 0 bridgehead atoms. The Kier molecular flexibility index (Phi) is 3.34. The van der Waals surface area contributed by atoms with Crippen molar-refractivity contribution in [1.29, 1.82) is 0 Å². The average Bonchev–Trinajstić information content (AvgIpc) is 2.20. The molecule has 1 unspecified atom stereocenters. The van der Waals surface area contributed by atoms with Gasteiger partial charge < -0.3 is 4.90 Å². The molecule has 0 saturated carbocycles. The normalized spacial score (nSPS) is 22.4. The predicted octanol–water partition coefficient (Wildman–Crippen LogP) is 2.79. The summed E-state index contributed by atoms with van der Waals surface area (Å²) in [5, 5.41) is 0. The third-order valence-corrected chi connectivity index (χ3v) is 4.03. The molecule has 1 aliphatic rings. The molecule has 0 spiro atoms. The lowest BCUT2D eigenvalue weighted by Gasteiger charge is -2.33. The summed E-state index contributed by atoms with van der Waals surface area (Å²) in [4.78, 5) is 6.80. The van der Waals surface area contributed by atoms with Gasteiger partial charge >= 0.3 is 0 Å². The summed E-state index contributed by atoms with van der Waals surface area (Å²) >= 11 is 5.43. The quantitative estimate of drug-likeness (QED) is 0.782. The van der Waals surface area contributed by atoms with Crippen molar-refractivity contribution in [2.75, 3.05) is 23.0 Å². The predicted molar refractivity (Wildman–Crippen MR) is 66.1 cm³/mol. The van der Waals surface area contributed by atoms with E-state index in [1.165, 1.54) is 11.5 Å². The average molecular weight is 273 g/mol. The van der Waals surface area contributed by atoms with E-state index in [1.807, 2.05) is 18.0 Å². The largest absolute Gasteiger partial charge is 0.352 e. The number of pyridine rings is 1. The molecule has 1 saturated heterocycles. The number of hydrogen-bond donors (Lipinski definition) is 0. The number of halogens is 1. The summed E-state index contributed by atoms with van der Waals surface area (Å²) < 4.78 is 1.04. The van der Waals surface area contributed by atoms with Crippen LogP contribution in [0, 0.1) is 0 Å². The maximum Gasteiger partial charge on any atom is 0.128 e. The molecule has 2 rings (SSSR count). The first kappa shape index (κ1) is 10.3. The van der Waals surface area contributed by atoms with Gasteiger partial charge in [0.25, 0.3) is 0 Å². The third kappa shape index (κ3) is 2.23. The molecule has 1 fully saturated rings. The number of aromatic nitrogens is 1. The smallest absolute Gasteiger partial charge is 0.128 e. The molecule has 0 aromatic carbocycles. The Balaban J connectivity index is 2.16. The van der Waals surface area contributed by atoms with Crippen LogP contribution in [0.25, 0.3) is 0 Å². The molecule has 0 N–H and O–H groups in total. The lowest BCUT2D eigenvalue weighted by Crippen LogP contribution is -2.40. The van der Waals surface area contributed by atoms with Gasteiger partial charge in [-0.1, -0.05) is 0 Å². The second kappa shape index (κ2) is 4.53. The third-order valence-electron chi connectivity index (χ3n) is 2.37. The SMILES string of the molecule is CC1CSCCN1c1ccc(Br)cn1. The number of rotatable bonds is 1. The van der Waals surface area contributed by atoms with Crippen molar-refractivity contribution in [3.8, 4) is 0 Å². The topological polar surface area (TPSA) is 16.1 Å². The van der Waals surface area contributed by atoms with Crippen molar-refractivity contribution >= 4 is 33.5 Å². The first-order valence-electron chi connectivity index (χ1n) is 4.73. The van der Waals surface area contributed by atoms with E-state index in [4.69, 9.17) is 0 Å². The van der Waals surface area contributed by atoms with Crippen LogP contribution in [0.3, 0.4) is 0 Å². The Morgan fingerprint density at radius 3 is 3.07 bits per heavy atom. The lowest BCUT2D eigenvalue weighted by molar-refractivity contribution is 0.690. The number of thioether (sulfide) groups is 1. The molecule has 14 heavy (non-hydrogen) atoms. The highest BCUT2D eigenvalue weighted by molar-refractivity contribution is 9.10. The Bertz CT molecular complexity index is 301. The molecule has 2 nitrogen and oxygen atoms in total. The Morgan fingerprint density at radius 2 is 2.43 bits per heavy atom. The molecule has 1 atom stereocenters. The Hall–Kier alpha value is -0.220. The van der Waals surface area contributed by atoms with Crippen LogP contribution < -0.4 is 4.90 Å². The minimum atomic E-state index is 0.599. The van der Waals surface area contributed by atoms with Gasteiger partial charge in [-0.25, -0.2) is 4.98 Å². The molecule has 1 aromatic heterocycles. The van der Waals surface area contributed by atoms with Crippen LogP contribution in [-0.2, 0) is 0 Å². The van der Waals surface area contributed by atoms with Crippen LogP contribution in [-0.4, -0.2) is 29.1 Å². The first-order valence-corrected chi connectivity index (χ1v) is 6.68. The van der Waals surface area contributed by atoms with E-state index in [-0.39, 0.29) is 0 Å². The van der Waals surface area contributed by atoms with Crippen molar-refractivity contribution in [1.82, 2.24) is 4.98 Å². The van der Waals surface area contributed by atoms with E-state index in [0.29, 0.717) is 6.04 Å². The highest BCUT2D eigenvalue weighted by atomic mass is 79.9. The molecular weight excluding hydrogens is 260 g/mol. The van der Waals surface area contributed by atoms with Crippen LogP contribution in [0.15, 0.2) is 22.8 Å². The summed E-state index contributed by atoms with van der Waals surface area (Å²) in [6, 6.07) is 4.73. The van der Waals surface area contributed by atoms with Crippen molar-refractivity contribution in [2.24, 2.45) is 0 Å². The van der Waals surface area contributed by atoms with Crippen LogP contribution in [0.2, 0.25) is 0 Å². The number of hydrogen-bond acceptors (Lipinski definition) is 3. The summed E-state index contributed by atoms with van der Waals surface area (Å²) in [5.41, 5.74) is 0. The van der Waals surface area contributed by atoms with Crippen LogP contribution in [0.5, 0.6) is 0 Å². The highest BCUT2D eigenvalue weighted by Gasteiger charge is 2.19. The zero-order chi connectivity index (χ0) is 9.97. The molecule has 0 amide bonds. The molecule has 1 aliphatic heterocycles. The van der Waals surface area contributed by atoms with Crippen molar-refractivity contribution < 1.29 is 0 Å². The van der Waals surface area contributed by atoms with Gasteiger partial charge in [-0.15, -0.1) is 0 Å². The molecule has 2 heterocycles. The molecule has 1 aromatic rings. The molecular formula is C10H13BrN2S. The lowest BCUT2D eigenvalue weighted by atomic mass is 10.3. The van der Waals surface area contributed by atoms with Crippen LogP contribution in [0.1, 0.15) is 6.92 Å². The maximum atomic E-state index is 4.42. The van der Waals surface area contributed by atoms with E-state index in [2.05, 4.69) is 44.9 Å². The van der Waals surface area contributed by atoms with Gasteiger partial charge in [-0.05, 0) is 35.0 Å². The van der Waals surface area contributed by atoms with E-state index in [0.717, 1.165) is 16.8 Å². The van der Waals surface area contributed by atoms with Gasteiger partial charge in [-0.2, -0.15) is 11.8 Å². The van der Waals surface area contributed by atoms with Crippen LogP contribution >= 0.6 is 27.7 Å². The van der Waals surface area contributed by atoms with Gasteiger partial charge in [0, 0.05) is 34.8 Å². The van der Waals surface area contributed by atoms with E-state index >= 15 is 0 Å². The minimum Gasteiger partial charge on any atom is -0.352 e. The maximum absolute atomic E-state index is 4.42. The van der Waals surface area contributed by atoms with Crippen molar-refractivity contribution in [3.05, 3.63) is 22.8 Å². The fourth-order valence-electron chi connectivity index (χ4n) is 1.61. The zero-order valence-electron chi connectivity index (χ0n) is 8.11. The monoisotopic (exact) mass is 272 g/mol. The Morgan fingerprint density at radius 1 is 1.57 bits per heavy atom. The second-order valence-corrected chi connectivity index (χ2v) is 5.52. The molecule has 4 heteroatoms. The molecule has 0 aliphatic carbocycles. The standard InChI is InChI=1S/C10H13BrN2S/c1-8-7-14-5-4-13(8)10-3-2-9(11)6-12-10/h2-3,6,8H,4-5,7H2,1H3. The second-order valence-electron chi connectivity index (χ2n) is 3.45. The number of anilines is 1. The summed E-state index contributed by atoms with van der Waals surface area (Å²) in [6.45, 7) is 3.37. The molecule has 0 radical (unpaired) electrons.